The first kappa shape index (κ1) is 13.2. The molecule has 0 aliphatic carbocycles. The fraction of sp³-hybridized carbons (Fsp3) is 0.769. The van der Waals surface area contributed by atoms with E-state index in [4.69, 9.17) is 0 Å². The van der Waals surface area contributed by atoms with Crippen molar-refractivity contribution >= 4 is 5.91 Å². The van der Waals surface area contributed by atoms with Crippen molar-refractivity contribution in [3.05, 3.63) is 12.7 Å². The number of allylic oxidation sites excluding steroid dienone is 1. The van der Waals surface area contributed by atoms with Gasteiger partial charge in [0.25, 0.3) is 0 Å². The minimum Gasteiger partial charge on any atom is -0.344 e. The lowest BCUT2D eigenvalue weighted by Gasteiger charge is -2.33. The van der Waals surface area contributed by atoms with Crippen LogP contribution in [-0.4, -0.2) is 36.5 Å². The number of nitrogens with zero attached hydrogens (tertiary/aromatic N) is 1. The summed E-state index contributed by atoms with van der Waals surface area (Å²) in [6.45, 7) is 6.81. The zero-order valence-electron chi connectivity index (χ0n) is 10.5. The molecule has 0 bridgehead atoms. The molecule has 1 saturated heterocycles. The van der Waals surface area contributed by atoms with E-state index >= 15 is 0 Å². The second-order valence-electron chi connectivity index (χ2n) is 4.65. The smallest absolute Gasteiger partial charge is 0.222 e. The van der Waals surface area contributed by atoms with Crippen LogP contribution in [0.2, 0.25) is 0 Å². The third kappa shape index (κ3) is 3.97. The Morgan fingerprint density at radius 2 is 2.44 bits per heavy atom. The van der Waals surface area contributed by atoms with Crippen molar-refractivity contribution in [2.75, 3.05) is 13.6 Å². The molecule has 0 radical (unpaired) electrons. The number of nitrogens with one attached hydrogen (secondary N) is 1. The zero-order chi connectivity index (χ0) is 12.0. The van der Waals surface area contributed by atoms with Gasteiger partial charge in [-0.15, -0.1) is 6.58 Å². The molecule has 0 aromatic carbocycles. The number of rotatable bonds is 6. The summed E-state index contributed by atoms with van der Waals surface area (Å²) in [5.74, 6) is 0.275. The van der Waals surface area contributed by atoms with E-state index in [1.54, 1.807) is 0 Å². The van der Waals surface area contributed by atoms with Gasteiger partial charge in [-0.1, -0.05) is 13.0 Å². The molecule has 0 unspecified atom stereocenters. The average Bonchev–Trinajstić information content (AvgIpc) is 2.29. The second kappa shape index (κ2) is 6.69. The Kier molecular flexibility index (Phi) is 5.53. The molecule has 0 saturated carbocycles. The maximum Gasteiger partial charge on any atom is 0.222 e. The molecule has 2 atom stereocenters. The van der Waals surface area contributed by atoms with E-state index in [-0.39, 0.29) is 5.91 Å². The molecule has 1 N–H and O–H groups in total. The highest BCUT2D eigenvalue weighted by Crippen LogP contribution is 2.12. The lowest BCUT2D eigenvalue weighted by atomic mass is 10.0. The predicted octanol–water partition coefficient (Wildman–Crippen LogP) is 1.94. The number of piperidine rings is 1. The van der Waals surface area contributed by atoms with Crippen molar-refractivity contribution in [3.8, 4) is 0 Å². The third-order valence-electron chi connectivity index (χ3n) is 3.31. The first-order valence-corrected chi connectivity index (χ1v) is 6.28. The van der Waals surface area contributed by atoms with Crippen molar-refractivity contribution in [1.82, 2.24) is 10.2 Å². The molecule has 16 heavy (non-hydrogen) atoms. The Balaban J connectivity index is 2.34. The largest absolute Gasteiger partial charge is 0.344 e. The summed E-state index contributed by atoms with van der Waals surface area (Å²) in [7, 11) is 1.89. The lowest BCUT2D eigenvalue weighted by molar-refractivity contribution is -0.132. The SMILES string of the molecule is C=CCC[C@@H](CC)N[C@@H]1CCC(=O)N(C)C1. The molecule has 0 spiro atoms. The summed E-state index contributed by atoms with van der Waals surface area (Å²) in [6, 6.07) is 1.03. The molecule has 92 valence electrons. The van der Waals surface area contributed by atoms with Crippen LogP contribution in [0.5, 0.6) is 0 Å². The van der Waals surface area contributed by atoms with Gasteiger partial charge < -0.3 is 10.2 Å². The predicted molar refractivity (Wildman–Crippen MR) is 67.3 cm³/mol. The maximum atomic E-state index is 11.4. The van der Waals surface area contributed by atoms with Crippen LogP contribution in [0.1, 0.15) is 39.0 Å². The van der Waals surface area contributed by atoms with E-state index in [2.05, 4.69) is 18.8 Å². The molecule has 1 heterocycles. The van der Waals surface area contributed by atoms with Crippen molar-refractivity contribution in [1.29, 1.82) is 0 Å². The third-order valence-corrected chi connectivity index (χ3v) is 3.31. The molecule has 1 fully saturated rings. The fourth-order valence-corrected chi connectivity index (χ4v) is 2.21. The van der Waals surface area contributed by atoms with Crippen molar-refractivity contribution in [3.63, 3.8) is 0 Å². The molecule has 1 aliphatic heterocycles. The van der Waals surface area contributed by atoms with Crippen LogP contribution in [0.15, 0.2) is 12.7 Å². The number of carbonyl (C=O) groups is 1. The molecule has 1 aliphatic rings. The van der Waals surface area contributed by atoms with E-state index in [1.165, 1.54) is 0 Å². The second-order valence-corrected chi connectivity index (χ2v) is 4.65. The van der Waals surface area contributed by atoms with Crippen LogP contribution in [0, 0.1) is 0 Å². The number of likely N-dealkylation sites (N-methyl/N-ethyl adjacent to an activating group) is 1. The van der Waals surface area contributed by atoms with E-state index in [9.17, 15) is 4.79 Å². The van der Waals surface area contributed by atoms with Crippen LogP contribution >= 0.6 is 0 Å². The Morgan fingerprint density at radius 3 is 3.00 bits per heavy atom. The Bertz CT molecular complexity index is 240. The number of hydrogen-bond acceptors (Lipinski definition) is 2. The first-order valence-electron chi connectivity index (χ1n) is 6.28. The highest BCUT2D eigenvalue weighted by Gasteiger charge is 2.23. The van der Waals surface area contributed by atoms with Gasteiger partial charge in [0.15, 0.2) is 0 Å². The highest BCUT2D eigenvalue weighted by molar-refractivity contribution is 5.76. The van der Waals surface area contributed by atoms with Crippen LogP contribution < -0.4 is 5.32 Å². The number of carbonyl (C=O) groups excluding carboxylic acids is 1. The summed E-state index contributed by atoms with van der Waals surface area (Å²) in [4.78, 5) is 13.2. The molecule has 0 aromatic heterocycles. The van der Waals surface area contributed by atoms with Crippen LogP contribution in [-0.2, 0) is 4.79 Å². The minimum absolute atomic E-state index is 0.275. The van der Waals surface area contributed by atoms with Gasteiger partial charge in [0.1, 0.15) is 0 Å². The highest BCUT2D eigenvalue weighted by atomic mass is 16.2. The number of hydrogen-bond donors (Lipinski definition) is 1. The topological polar surface area (TPSA) is 32.3 Å². The van der Waals surface area contributed by atoms with E-state index in [0.717, 1.165) is 32.2 Å². The van der Waals surface area contributed by atoms with Gasteiger partial charge in [-0.2, -0.15) is 0 Å². The average molecular weight is 224 g/mol. The number of likely N-dealkylation sites (tertiary alicyclic amines) is 1. The fourth-order valence-electron chi connectivity index (χ4n) is 2.21. The molecule has 1 amide bonds. The van der Waals surface area contributed by atoms with Gasteiger partial charge in [0.05, 0.1) is 0 Å². The van der Waals surface area contributed by atoms with Crippen molar-refractivity contribution in [2.45, 2.75) is 51.1 Å². The summed E-state index contributed by atoms with van der Waals surface area (Å²) in [5.41, 5.74) is 0. The molecular weight excluding hydrogens is 200 g/mol. The standard InChI is InChI=1S/C13H24N2O/c1-4-6-7-11(5-2)14-12-8-9-13(16)15(3)10-12/h4,11-12,14H,1,5-10H2,2-3H3/t11-,12-/m1/s1. The lowest BCUT2D eigenvalue weighted by Crippen LogP contribution is -2.49. The summed E-state index contributed by atoms with van der Waals surface area (Å²) >= 11 is 0. The van der Waals surface area contributed by atoms with Gasteiger partial charge >= 0.3 is 0 Å². The van der Waals surface area contributed by atoms with Gasteiger partial charge in [-0.25, -0.2) is 0 Å². The van der Waals surface area contributed by atoms with Gasteiger partial charge in [-0.05, 0) is 25.7 Å². The van der Waals surface area contributed by atoms with Crippen molar-refractivity contribution in [2.24, 2.45) is 0 Å². The maximum absolute atomic E-state index is 11.4. The van der Waals surface area contributed by atoms with Crippen molar-refractivity contribution < 1.29 is 4.79 Å². The Morgan fingerprint density at radius 1 is 1.69 bits per heavy atom. The molecular formula is C13H24N2O. The van der Waals surface area contributed by atoms with Gasteiger partial charge in [-0.3, -0.25) is 4.79 Å². The van der Waals surface area contributed by atoms with Crippen LogP contribution in [0.3, 0.4) is 0 Å². The Hall–Kier alpha value is -0.830. The first-order chi connectivity index (χ1) is 7.67. The van der Waals surface area contributed by atoms with E-state index < -0.39 is 0 Å². The minimum atomic E-state index is 0.275. The summed E-state index contributed by atoms with van der Waals surface area (Å²) in [6.07, 6.45) is 6.99. The van der Waals surface area contributed by atoms with Crippen LogP contribution in [0.4, 0.5) is 0 Å². The van der Waals surface area contributed by atoms with Gasteiger partial charge in [0.2, 0.25) is 5.91 Å². The van der Waals surface area contributed by atoms with Gasteiger partial charge in [0, 0.05) is 32.1 Å². The Labute approximate surface area is 98.9 Å². The molecule has 1 rings (SSSR count). The molecule has 3 nitrogen and oxygen atoms in total. The van der Waals surface area contributed by atoms with E-state index in [0.29, 0.717) is 18.5 Å². The quantitative estimate of drug-likeness (QED) is 0.699. The monoisotopic (exact) mass is 224 g/mol. The molecule has 3 heteroatoms. The normalized spacial score (nSPS) is 23.2. The summed E-state index contributed by atoms with van der Waals surface area (Å²) < 4.78 is 0. The molecule has 0 aromatic rings. The zero-order valence-corrected chi connectivity index (χ0v) is 10.5. The number of amides is 1. The van der Waals surface area contributed by atoms with E-state index in [1.807, 2.05) is 18.0 Å². The van der Waals surface area contributed by atoms with Crippen LogP contribution in [0.25, 0.3) is 0 Å². The summed E-state index contributed by atoms with van der Waals surface area (Å²) in [5, 5.41) is 3.65.